The van der Waals surface area contributed by atoms with E-state index in [0.29, 0.717) is 13.0 Å². The molecule has 1 rings (SSSR count). The number of carbonyl (C=O) groups excluding carboxylic acids is 2. The van der Waals surface area contributed by atoms with Crippen molar-refractivity contribution in [3.05, 3.63) is 0 Å². The maximum Gasteiger partial charge on any atom is 0.309 e. The van der Waals surface area contributed by atoms with Crippen LogP contribution >= 0.6 is 0 Å². The van der Waals surface area contributed by atoms with Crippen molar-refractivity contribution in [3.8, 4) is 0 Å². The molecule has 13 heavy (non-hydrogen) atoms. The van der Waals surface area contributed by atoms with Gasteiger partial charge in [0, 0.05) is 0 Å². The van der Waals surface area contributed by atoms with Crippen molar-refractivity contribution in [3.63, 3.8) is 0 Å². The number of esters is 2. The molecule has 1 saturated heterocycles. The Bertz CT molecular complexity index is 212. The molecule has 0 aliphatic carbocycles. The number of hydrogen-bond acceptors (Lipinski definition) is 4. The lowest BCUT2D eigenvalue weighted by molar-refractivity contribution is -0.146. The van der Waals surface area contributed by atoms with Gasteiger partial charge in [-0.25, -0.2) is 0 Å². The van der Waals surface area contributed by atoms with Gasteiger partial charge < -0.3 is 9.47 Å². The first kappa shape index (κ1) is 10.0. The fourth-order valence-corrected chi connectivity index (χ4v) is 1.48. The molecule has 0 bridgehead atoms. The van der Waals surface area contributed by atoms with Gasteiger partial charge in [-0.15, -0.1) is 0 Å². The molecule has 0 spiro atoms. The molecule has 1 aliphatic heterocycles. The van der Waals surface area contributed by atoms with Crippen molar-refractivity contribution < 1.29 is 19.1 Å². The predicted octanol–water partition coefficient (Wildman–Crippen LogP) is 0.749. The molecule has 0 saturated carbocycles. The Morgan fingerprint density at radius 2 is 2.46 bits per heavy atom. The Morgan fingerprint density at radius 1 is 1.77 bits per heavy atom. The van der Waals surface area contributed by atoms with Crippen LogP contribution in [0.5, 0.6) is 0 Å². The second-order valence-electron chi connectivity index (χ2n) is 3.31. The molecule has 4 heteroatoms. The molecule has 0 radical (unpaired) electrons. The smallest absolute Gasteiger partial charge is 0.309 e. The molecule has 1 aliphatic rings. The zero-order valence-corrected chi connectivity index (χ0v) is 7.91. The lowest BCUT2D eigenvalue weighted by Crippen LogP contribution is -2.19. The van der Waals surface area contributed by atoms with Crippen molar-refractivity contribution in [2.24, 2.45) is 11.8 Å². The molecule has 4 nitrogen and oxygen atoms in total. The van der Waals surface area contributed by atoms with Gasteiger partial charge in [0.25, 0.3) is 0 Å². The summed E-state index contributed by atoms with van der Waals surface area (Å²) in [6.45, 7) is 2.24. The van der Waals surface area contributed by atoms with E-state index in [1.807, 2.05) is 0 Å². The highest BCUT2D eigenvalue weighted by molar-refractivity contribution is 5.76. The van der Waals surface area contributed by atoms with Crippen LogP contribution in [-0.2, 0) is 19.1 Å². The third kappa shape index (κ3) is 2.44. The van der Waals surface area contributed by atoms with Crippen LogP contribution in [0.4, 0.5) is 0 Å². The molecular weight excluding hydrogens is 172 g/mol. The number of cyclic esters (lactones) is 1. The summed E-state index contributed by atoms with van der Waals surface area (Å²) in [6, 6.07) is 0. The van der Waals surface area contributed by atoms with Crippen molar-refractivity contribution in [2.75, 3.05) is 13.7 Å². The van der Waals surface area contributed by atoms with E-state index in [1.54, 1.807) is 6.92 Å². The minimum Gasteiger partial charge on any atom is -0.469 e. The third-order valence-corrected chi connectivity index (χ3v) is 2.29. The van der Waals surface area contributed by atoms with Crippen LogP contribution in [0.25, 0.3) is 0 Å². The fourth-order valence-electron chi connectivity index (χ4n) is 1.48. The minimum atomic E-state index is -0.264. The van der Waals surface area contributed by atoms with E-state index in [4.69, 9.17) is 4.74 Å². The summed E-state index contributed by atoms with van der Waals surface area (Å²) in [5.41, 5.74) is 0. The topological polar surface area (TPSA) is 52.6 Å². The van der Waals surface area contributed by atoms with Crippen LogP contribution in [0.3, 0.4) is 0 Å². The van der Waals surface area contributed by atoms with Gasteiger partial charge in [-0.3, -0.25) is 9.59 Å². The minimum absolute atomic E-state index is 0.117. The van der Waals surface area contributed by atoms with Crippen LogP contribution in [0.1, 0.15) is 19.8 Å². The van der Waals surface area contributed by atoms with E-state index in [2.05, 4.69) is 4.74 Å². The second kappa shape index (κ2) is 4.25. The predicted molar refractivity (Wildman–Crippen MR) is 44.9 cm³/mol. The summed E-state index contributed by atoms with van der Waals surface area (Å²) >= 11 is 0. The summed E-state index contributed by atoms with van der Waals surface area (Å²) in [7, 11) is 1.35. The molecule has 74 valence electrons. The van der Waals surface area contributed by atoms with Crippen LogP contribution in [0.2, 0.25) is 0 Å². The van der Waals surface area contributed by atoms with E-state index in [-0.39, 0.29) is 23.8 Å². The molecule has 1 heterocycles. The molecule has 2 atom stereocenters. The summed E-state index contributed by atoms with van der Waals surface area (Å²) in [6.07, 6.45) is 1.26. The maximum atomic E-state index is 11.0. The Balaban J connectivity index is 2.39. The van der Waals surface area contributed by atoms with Gasteiger partial charge in [0.15, 0.2) is 0 Å². The van der Waals surface area contributed by atoms with E-state index in [1.165, 1.54) is 7.11 Å². The number of ether oxygens (including phenoxy) is 2. The molecule has 0 aromatic heterocycles. The van der Waals surface area contributed by atoms with E-state index < -0.39 is 0 Å². The Kier molecular flexibility index (Phi) is 3.28. The maximum absolute atomic E-state index is 11.0. The Hall–Kier alpha value is -1.06. The van der Waals surface area contributed by atoms with Crippen LogP contribution in [0.15, 0.2) is 0 Å². The zero-order chi connectivity index (χ0) is 9.84. The number of carbonyl (C=O) groups is 2. The number of rotatable bonds is 3. The van der Waals surface area contributed by atoms with Gasteiger partial charge in [0.1, 0.15) is 0 Å². The summed E-state index contributed by atoms with van der Waals surface area (Å²) in [5.74, 6) is -0.787. The quantitative estimate of drug-likeness (QED) is 0.610. The lowest BCUT2D eigenvalue weighted by Gasteiger charge is -2.10. The first-order valence-corrected chi connectivity index (χ1v) is 4.39. The SMILES string of the molecule is COC(=O)C(C)C[C@@H]1CCOC1=O. The van der Waals surface area contributed by atoms with Gasteiger partial charge in [-0.1, -0.05) is 6.92 Å². The number of methoxy groups -OCH3 is 1. The molecular formula is C9H14O4. The van der Waals surface area contributed by atoms with Crippen LogP contribution in [-0.4, -0.2) is 25.7 Å². The van der Waals surface area contributed by atoms with E-state index in [9.17, 15) is 9.59 Å². The van der Waals surface area contributed by atoms with Crippen LogP contribution < -0.4 is 0 Å². The molecule has 0 aromatic rings. The highest BCUT2D eigenvalue weighted by Crippen LogP contribution is 2.22. The van der Waals surface area contributed by atoms with Gasteiger partial charge in [-0.05, 0) is 12.8 Å². The average molecular weight is 186 g/mol. The van der Waals surface area contributed by atoms with E-state index >= 15 is 0 Å². The summed E-state index contributed by atoms with van der Waals surface area (Å²) in [5, 5.41) is 0. The number of hydrogen-bond donors (Lipinski definition) is 0. The highest BCUT2D eigenvalue weighted by atomic mass is 16.5. The van der Waals surface area contributed by atoms with Gasteiger partial charge in [0.05, 0.1) is 25.6 Å². The fraction of sp³-hybridized carbons (Fsp3) is 0.778. The molecule has 1 unspecified atom stereocenters. The van der Waals surface area contributed by atoms with Crippen molar-refractivity contribution >= 4 is 11.9 Å². The molecule has 0 amide bonds. The first-order valence-electron chi connectivity index (χ1n) is 4.39. The first-order chi connectivity index (χ1) is 6.15. The van der Waals surface area contributed by atoms with Crippen molar-refractivity contribution in [1.29, 1.82) is 0 Å². The third-order valence-electron chi connectivity index (χ3n) is 2.29. The lowest BCUT2D eigenvalue weighted by atomic mass is 9.95. The standard InChI is InChI=1S/C9H14O4/c1-6(8(10)12-2)5-7-3-4-13-9(7)11/h6-7H,3-5H2,1-2H3/t6?,7-/m0/s1. The normalized spacial score (nSPS) is 23.8. The van der Waals surface area contributed by atoms with Gasteiger partial charge >= 0.3 is 11.9 Å². The second-order valence-corrected chi connectivity index (χ2v) is 3.31. The van der Waals surface area contributed by atoms with Gasteiger partial charge in [0.2, 0.25) is 0 Å². The monoisotopic (exact) mass is 186 g/mol. The van der Waals surface area contributed by atoms with Crippen molar-refractivity contribution in [1.82, 2.24) is 0 Å². The average Bonchev–Trinajstić information content (AvgIpc) is 2.50. The largest absolute Gasteiger partial charge is 0.469 e. The van der Waals surface area contributed by atoms with Crippen LogP contribution in [0, 0.1) is 11.8 Å². The Labute approximate surface area is 77.2 Å². The molecule has 0 N–H and O–H groups in total. The summed E-state index contributed by atoms with van der Waals surface area (Å²) in [4.78, 5) is 22.1. The zero-order valence-electron chi connectivity index (χ0n) is 7.91. The Morgan fingerprint density at radius 3 is 2.92 bits per heavy atom. The molecule has 0 aromatic carbocycles. The van der Waals surface area contributed by atoms with Gasteiger partial charge in [-0.2, -0.15) is 0 Å². The highest BCUT2D eigenvalue weighted by Gasteiger charge is 2.30. The van der Waals surface area contributed by atoms with Crippen molar-refractivity contribution in [2.45, 2.75) is 19.8 Å². The summed E-state index contributed by atoms with van der Waals surface area (Å²) < 4.78 is 9.36. The molecule has 1 fully saturated rings. The van der Waals surface area contributed by atoms with E-state index in [0.717, 1.165) is 6.42 Å².